The number of rotatable bonds is 6. The van der Waals surface area contributed by atoms with Gasteiger partial charge in [-0.2, -0.15) is 0 Å². The largest absolute Gasteiger partial charge is 0.352 e. The third kappa shape index (κ3) is 4.65. The molecule has 38 heavy (non-hydrogen) atoms. The number of fused-ring (bicyclic) bond motifs is 3. The first-order chi connectivity index (χ1) is 18.1. The summed E-state index contributed by atoms with van der Waals surface area (Å²) < 4.78 is 4.37. The Morgan fingerprint density at radius 2 is 1.61 bits per heavy atom. The Morgan fingerprint density at radius 3 is 2.32 bits per heavy atom. The highest BCUT2D eigenvalue weighted by molar-refractivity contribution is 5.98. The molecule has 5 rings (SSSR count). The first kappa shape index (κ1) is 25.2. The zero-order valence-electron chi connectivity index (χ0n) is 22.3. The van der Waals surface area contributed by atoms with Crippen molar-refractivity contribution in [2.75, 3.05) is 0 Å². The minimum atomic E-state index is -0.370. The fourth-order valence-electron chi connectivity index (χ4n) is 4.66. The van der Waals surface area contributed by atoms with E-state index in [0.717, 1.165) is 27.8 Å². The third-order valence-corrected chi connectivity index (χ3v) is 6.75. The second-order valence-corrected chi connectivity index (χ2v) is 10.2. The Kier molecular flexibility index (Phi) is 6.48. The van der Waals surface area contributed by atoms with Crippen molar-refractivity contribution in [1.82, 2.24) is 24.1 Å². The number of hydrogen-bond donors (Lipinski definition) is 1. The summed E-state index contributed by atoms with van der Waals surface area (Å²) in [6, 6.07) is 18.8. The lowest BCUT2D eigenvalue weighted by Crippen LogP contribution is -2.30. The van der Waals surface area contributed by atoms with Crippen LogP contribution in [0, 0.1) is 20.8 Å². The predicted molar refractivity (Wildman–Crippen MR) is 149 cm³/mol. The average Bonchev–Trinajstić information content (AvgIpc) is 3.20. The molecule has 0 aliphatic rings. The van der Waals surface area contributed by atoms with Gasteiger partial charge in [0.25, 0.3) is 11.5 Å². The summed E-state index contributed by atoms with van der Waals surface area (Å²) in [5, 5.41) is 7.87. The van der Waals surface area contributed by atoms with Crippen molar-refractivity contribution >= 4 is 22.6 Å². The Balaban J connectivity index is 1.76. The fraction of sp³-hybridized carbons (Fsp3) is 0.267. The molecule has 0 saturated heterocycles. The first-order valence-corrected chi connectivity index (χ1v) is 12.7. The zero-order valence-corrected chi connectivity index (χ0v) is 22.3. The van der Waals surface area contributed by atoms with Gasteiger partial charge in [0.2, 0.25) is 5.78 Å². The molecule has 194 valence electrons. The maximum absolute atomic E-state index is 13.8. The topological polar surface area (TPSA) is 90.4 Å². The van der Waals surface area contributed by atoms with E-state index in [1.807, 2.05) is 77.1 Å². The van der Waals surface area contributed by atoms with Gasteiger partial charge >= 0.3 is 5.69 Å². The van der Waals surface area contributed by atoms with E-state index >= 15 is 0 Å². The molecule has 2 heterocycles. The van der Waals surface area contributed by atoms with Crippen LogP contribution in [0.2, 0.25) is 0 Å². The Morgan fingerprint density at radius 1 is 0.895 bits per heavy atom. The minimum Gasteiger partial charge on any atom is -0.350 e. The standard InChI is InChI=1S/C30H31N5O3/c1-18(2)31-27(36)23-12-13-25-26(15-23)35-29(33(28(25)37)16-22-10-7-19(3)8-11-22)32-34(30(35)38)17-24-14-20(4)6-9-21(24)5/h6-15,18H,16-17H2,1-5H3,(H,31,36). The summed E-state index contributed by atoms with van der Waals surface area (Å²) in [6.07, 6.45) is 0. The molecule has 0 aliphatic carbocycles. The second-order valence-electron chi connectivity index (χ2n) is 10.2. The molecule has 0 atom stereocenters. The van der Waals surface area contributed by atoms with Gasteiger partial charge in [0.1, 0.15) is 0 Å². The Labute approximate surface area is 220 Å². The molecule has 0 unspecified atom stereocenters. The van der Waals surface area contributed by atoms with Crippen molar-refractivity contribution in [2.45, 2.75) is 53.8 Å². The quantitative estimate of drug-likeness (QED) is 0.375. The number of carbonyl (C=O) groups is 1. The Hall–Kier alpha value is -4.46. The second kappa shape index (κ2) is 9.78. The first-order valence-electron chi connectivity index (χ1n) is 12.7. The third-order valence-electron chi connectivity index (χ3n) is 6.75. The van der Waals surface area contributed by atoms with Crippen molar-refractivity contribution in [3.8, 4) is 0 Å². The van der Waals surface area contributed by atoms with Crippen LogP contribution in [0.1, 0.15) is 52.0 Å². The van der Waals surface area contributed by atoms with E-state index < -0.39 is 0 Å². The molecular formula is C30H31N5O3. The van der Waals surface area contributed by atoms with Crippen LogP contribution in [-0.4, -0.2) is 30.7 Å². The fourth-order valence-corrected chi connectivity index (χ4v) is 4.66. The van der Waals surface area contributed by atoms with Gasteiger partial charge in [-0.15, -0.1) is 5.10 Å². The lowest BCUT2D eigenvalue weighted by molar-refractivity contribution is 0.0943. The van der Waals surface area contributed by atoms with Crippen LogP contribution in [-0.2, 0) is 13.1 Å². The van der Waals surface area contributed by atoms with E-state index in [0.29, 0.717) is 16.5 Å². The van der Waals surface area contributed by atoms with Gasteiger partial charge in [-0.25, -0.2) is 13.9 Å². The number of amides is 1. The molecule has 3 aromatic carbocycles. The molecule has 2 aromatic heterocycles. The van der Waals surface area contributed by atoms with Crippen molar-refractivity contribution in [2.24, 2.45) is 0 Å². The van der Waals surface area contributed by atoms with Gasteiger partial charge in [0, 0.05) is 11.6 Å². The number of aryl methyl sites for hydroxylation is 3. The monoisotopic (exact) mass is 509 g/mol. The van der Waals surface area contributed by atoms with Crippen molar-refractivity contribution in [3.63, 3.8) is 0 Å². The average molecular weight is 510 g/mol. The van der Waals surface area contributed by atoms with E-state index in [-0.39, 0.29) is 42.1 Å². The highest BCUT2D eigenvalue weighted by Gasteiger charge is 2.20. The number of carbonyl (C=O) groups excluding carboxylic acids is 1. The van der Waals surface area contributed by atoms with E-state index in [9.17, 15) is 14.4 Å². The lowest BCUT2D eigenvalue weighted by Gasteiger charge is -2.12. The van der Waals surface area contributed by atoms with Gasteiger partial charge in [0.15, 0.2) is 0 Å². The number of benzene rings is 3. The zero-order chi connectivity index (χ0) is 27.1. The Bertz CT molecular complexity index is 1810. The molecule has 0 aliphatic heterocycles. The molecular weight excluding hydrogens is 478 g/mol. The molecule has 0 spiro atoms. The van der Waals surface area contributed by atoms with Crippen LogP contribution >= 0.6 is 0 Å². The predicted octanol–water partition coefficient (Wildman–Crippen LogP) is 3.97. The van der Waals surface area contributed by atoms with Gasteiger partial charge in [-0.1, -0.05) is 53.6 Å². The normalized spacial score (nSPS) is 11.5. The molecule has 0 radical (unpaired) electrons. The van der Waals surface area contributed by atoms with Crippen LogP contribution in [0.15, 0.2) is 70.3 Å². The summed E-state index contributed by atoms with van der Waals surface area (Å²) >= 11 is 0. The highest BCUT2D eigenvalue weighted by Crippen LogP contribution is 2.17. The van der Waals surface area contributed by atoms with Crippen molar-refractivity contribution < 1.29 is 4.79 Å². The number of nitrogens with one attached hydrogen (secondary N) is 1. The van der Waals surface area contributed by atoms with Gasteiger partial charge in [-0.05, 0) is 69.5 Å². The number of hydrogen-bond acceptors (Lipinski definition) is 4. The lowest BCUT2D eigenvalue weighted by atomic mass is 10.1. The van der Waals surface area contributed by atoms with Crippen LogP contribution in [0.5, 0.6) is 0 Å². The van der Waals surface area contributed by atoms with E-state index in [1.165, 1.54) is 13.6 Å². The minimum absolute atomic E-state index is 0.0521. The van der Waals surface area contributed by atoms with Crippen molar-refractivity contribution in [3.05, 3.63) is 115 Å². The molecule has 8 nitrogen and oxygen atoms in total. The summed E-state index contributed by atoms with van der Waals surface area (Å²) in [6.45, 7) is 10.3. The van der Waals surface area contributed by atoms with Crippen LogP contribution in [0.4, 0.5) is 0 Å². The van der Waals surface area contributed by atoms with Gasteiger partial charge in [-0.3, -0.25) is 14.2 Å². The maximum atomic E-state index is 13.8. The van der Waals surface area contributed by atoms with Gasteiger partial charge < -0.3 is 5.32 Å². The highest BCUT2D eigenvalue weighted by atomic mass is 16.2. The van der Waals surface area contributed by atoms with Crippen LogP contribution in [0.25, 0.3) is 16.7 Å². The SMILES string of the molecule is Cc1ccc(Cn2c(=O)c3ccc(C(=O)NC(C)C)cc3n3c(=O)n(Cc4cc(C)ccc4C)nc23)cc1. The van der Waals surface area contributed by atoms with Crippen LogP contribution < -0.4 is 16.6 Å². The smallest absolute Gasteiger partial charge is 0.350 e. The molecule has 1 amide bonds. The maximum Gasteiger partial charge on any atom is 0.352 e. The van der Waals surface area contributed by atoms with E-state index in [1.54, 1.807) is 18.2 Å². The summed E-state index contributed by atoms with van der Waals surface area (Å²) in [7, 11) is 0. The van der Waals surface area contributed by atoms with Crippen molar-refractivity contribution in [1.29, 1.82) is 0 Å². The number of aromatic nitrogens is 4. The molecule has 0 saturated carbocycles. The summed E-state index contributed by atoms with van der Waals surface area (Å²) in [5.74, 6) is -0.0329. The van der Waals surface area contributed by atoms with E-state index in [4.69, 9.17) is 0 Å². The summed E-state index contributed by atoms with van der Waals surface area (Å²) in [4.78, 5) is 40.3. The summed E-state index contributed by atoms with van der Waals surface area (Å²) in [5.41, 5.74) is 5.24. The molecule has 8 heteroatoms. The molecule has 0 bridgehead atoms. The molecule has 0 fully saturated rings. The molecule has 5 aromatic rings. The number of nitrogens with zero attached hydrogens (tertiary/aromatic N) is 4. The van der Waals surface area contributed by atoms with Crippen LogP contribution in [0.3, 0.4) is 0 Å². The molecule has 1 N–H and O–H groups in total. The van der Waals surface area contributed by atoms with E-state index in [2.05, 4.69) is 10.4 Å². The van der Waals surface area contributed by atoms with Gasteiger partial charge in [0.05, 0.1) is 24.0 Å².